The van der Waals surface area contributed by atoms with Gasteiger partial charge in [0.15, 0.2) is 0 Å². The maximum Gasteiger partial charge on any atom is 0.127 e. The van der Waals surface area contributed by atoms with Gasteiger partial charge in [-0.3, -0.25) is 0 Å². The van der Waals surface area contributed by atoms with Crippen molar-refractivity contribution in [1.82, 2.24) is 0 Å². The van der Waals surface area contributed by atoms with Gasteiger partial charge in [-0.15, -0.1) is 0 Å². The summed E-state index contributed by atoms with van der Waals surface area (Å²) in [6.07, 6.45) is 0.848. The fourth-order valence-electron chi connectivity index (χ4n) is 1.49. The molecule has 4 heteroatoms. The molecule has 2 atom stereocenters. The van der Waals surface area contributed by atoms with Crippen LogP contribution in [0.5, 0.6) is 17.2 Å². The molecule has 5 N–H and O–H groups in total. The van der Waals surface area contributed by atoms with Crippen LogP contribution in [0.1, 0.15) is 31.9 Å². The van der Waals surface area contributed by atoms with Crippen molar-refractivity contribution in [2.75, 3.05) is 0 Å². The largest absolute Gasteiger partial charge is 0.508 e. The minimum absolute atomic E-state index is 0.145. The lowest BCUT2D eigenvalue weighted by Crippen LogP contribution is -2.18. The fourth-order valence-corrected chi connectivity index (χ4v) is 1.49. The second kappa shape index (κ2) is 4.40. The summed E-state index contributed by atoms with van der Waals surface area (Å²) in [5.41, 5.74) is 6.19. The van der Waals surface area contributed by atoms with E-state index in [1.54, 1.807) is 0 Å². The second-order valence-electron chi connectivity index (χ2n) is 3.81. The van der Waals surface area contributed by atoms with Crippen molar-refractivity contribution >= 4 is 0 Å². The number of nitrogens with two attached hydrogens (primary N) is 1. The molecule has 15 heavy (non-hydrogen) atoms. The Kier molecular flexibility index (Phi) is 3.42. The van der Waals surface area contributed by atoms with E-state index in [9.17, 15) is 10.2 Å². The summed E-state index contributed by atoms with van der Waals surface area (Å²) in [4.78, 5) is 0. The first-order valence-corrected chi connectivity index (χ1v) is 4.97. The Morgan fingerprint density at radius 2 is 1.67 bits per heavy atom. The zero-order valence-corrected chi connectivity index (χ0v) is 8.94. The lowest BCUT2D eigenvalue weighted by molar-refractivity contribution is 0.383. The number of phenols is 3. The topological polar surface area (TPSA) is 86.7 Å². The van der Waals surface area contributed by atoms with Crippen LogP contribution in [0.25, 0.3) is 0 Å². The van der Waals surface area contributed by atoms with Gasteiger partial charge in [-0.25, -0.2) is 0 Å². The highest BCUT2D eigenvalue weighted by atomic mass is 16.3. The van der Waals surface area contributed by atoms with Gasteiger partial charge in [0.2, 0.25) is 0 Å². The molecule has 0 spiro atoms. The second-order valence-corrected chi connectivity index (χ2v) is 3.81. The Hall–Kier alpha value is -1.42. The zero-order valence-electron chi connectivity index (χ0n) is 8.94. The van der Waals surface area contributed by atoms with Crippen molar-refractivity contribution < 1.29 is 15.3 Å². The fraction of sp³-hybridized carbons (Fsp3) is 0.455. The molecule has 1 aromatic carbocycles. The number of benzene rings is 1. The third-order valence-corrected chi connectivity index (χ3v) is 2.71. The summed E-state index contributed by atoms with van der Waals surface area (Å²) in [7, 11) is 0. The molecule has 0 radical (unpaired) electrons. The Bertz CT molecular complexity index is 329. The maximum atomic E-state index is 9.59. The molecule has 0 amide bonds. The Labute approximate surface area is 89.0 Å². The van der Waals surface area contributed by atoms with E-state index < -0.39 is 6.04 Å². The van der Waals surface area contributed by atoms with Crippen LogP contribution in [0, 0.1) is 5.92 Å². The van der Waals surface area contributed by atoms with E-state index in [1.165, 1.54) is 12.1 Å². The van der Waals surface area contributed by atoms with Crippen LogP contribution >= 0.6 is 0 Å². The highest BCUT2D eigenvalue weighted by molar-refractivity contribution is 5.50. The first-order valence-electron chi connectivity index (χ1n) is 4.97. The molecule has 1 rings (SSSR count). The molecule has 0 aliphatic carbocycles. The number of phenolic OH excluding ortho intramolecular Hbond substituents is 3. The molecule has 0 aliphatic rings. The van der Waals surface area contributed by atoms with Crippen molar-refractivity contribution in [2.24, 2.45) is 11.7 Å². The van der Waals surface area contributed by atoms with E-state index in [0.717, 1.165) is 6.42 Å². The van der Waals surface area contributed by atoms with Gasteiger partial charge in [0.25, 0.3) is 0 Å². The van der Waals surface area contributed by atoms with Crippen molar-refractivity contribution in [3.8, 4) is 17.2 Å². The molecule has 0 fully saturated rings. The highest BCUT2D eigenvalue weighted by Gasteiger charge is 2.21. The molecule has 1 aromatic rings. The molecule has 1 unspecified atom stereocenters. The monoisotopic (exact) mass is 211 g/mol. The summed E-state index contributed by atoms with van der Waals surface area (Å²) in [5.74, 6) is -0.364. The smallest absolute Gasteiger partial charge is 0.127 e. The third-order valence-electron chi connectivity index (χ3n) is 2.71. The quantitative estimate of drug-likeness (QED) is 0.614. The van der Waals surface area contributed by atoms with Gasteiger partial charge in [0, 0.05) is 18.2 Å². The van der Waals surface area contributed by atoms with Crippen molar-refractivity contribution in [2.45, 2.75) is 26.3 Å². The molecule has 0 saturated heterocycles. The lowest BCUT2D eigenvalue weighted by atomic mass is 9.92. The molecular weight excluding hydrogens is 194 g/mol. The number of rotatable bonds is 3. The van der Waals surface area contributed by atoms with Gasteiger partial charge in [-0.2, -0.15) is 0 Å². The van der Waals surface area contributed by atoms with Crippen LogP contribution in [0.2, 0.25) is 0 Å². The molecule has 4 nitrogen and oxygen atoms in total. The minimum atomic E-state index is -0.435. The van der Waals surface area contributed by atoms with Crippen LogP contribution in [-0.4, -0.2) is 15.3 Å². The molecular formula is C11H17NO3. The predicted octanol–water partition coefficient (Wildman–Crippen LogP) is 1.85. The van der Waals surface area contributed by atoms with Gasteiger partial charge >= 0.3 is 0 Å². The minimum Gasteiger partial charge on any atom is -0.508 e. The van der Waals surface area contributed by atoms with E-state index in [2.05, 4.69) is 0 Å². The van der Waals surface area contributed by atoms with Crippen LogP contribution in [0.3, 0.4) is 0 Å². The van der Waals surface area contributed by atoms with E-state index in [-0.39, 0.29) is 23.2 Å². The predicted molar refractivity (Wildman–Crippen MR) is 57.8 cm³/mol. The molecule has 0 saturated carbocycles. The summed E-state index contributed by atoms with van der Waals surface area (Å²) < 4.78 is 0. The van der Waals surface area contributed by atoms with E-state index in [0.29, 0.717) is 5.56 Å². The first kappa shape index (κ1) is 11.7. The Morgan fingerprint density at radius 3 is 2.07 bits per heavy atom. The average Bonchev–Trinajstić information content (AvgIpc) is 2.14. The van der Waals surface area contributed by atoms with Crippen molar-refractivity contribution in [3.63, 3.8) is 0 Å². The van der Waals surface area contributed by atoms with E-state index >= 15 is 0 Å². The van der Waals surface area contributed by atoms with Crippen molar-refractivity contribution in [1.29, 1.82) is 0 Å². The number of hydrogen-bond acceptors (Lipinski definition) is 4. The molecule has 0 aromatic heterocycles. The van der Waals surface area contributed by atoms with Crippen LogP contribution in [-0.2, 0) is 0 Å². The van der Waals surface area contributed by atoms with E-state index in [1.807, 2.05) is 13.8 Å². The van der Waals surface area contributed by atoms with Crippen molar-refractivity contribution in [3.05, 3.63) is 17.7 Å². The summed E-state index contributed by atoms with van der Waals surface area (Å²) in [6, 6.07) is 1.92. The van der Waals surface area contributed by atoms with E-state index in [4.69, 9.17) is 10.8 Å². The normalized spacial score (nSPS) is 14.9. The zero-order chi connectivity index (χ0) is 11.6. The Balaban J connectivity index is 3.13. The molecule has 84 valence electrons. The summed E-state index contributed by atoms with van der Waals surface area (Å²) in [5, 5.41) is 28.3. The molecule has 0 aliphatic heterocycles. The first-order chi connectivity index (χ1) is 6.97. The summed E-state index contributed by atoms with van der Waals surface area (Å²) in [6.45, 7) is 3.93. The maximum absolute atomic E-state index is 9.59. The van der Waals surface area contributed by atoms with Gasteiger partial charge in [0.05, 0.1) is 5.56 Å². The average molecular weight is 211 g/mol. The van der Waals surface area contributed by atoms with Crippen LogP contribution < -0.4 is 5.73 Å². The third kappa shape index (κ3) is 2.33. The number of hydrogen-bond donors (Lipinski definition) is 4. The molecule has 0 heterocycles. The van der Waals surface area contributed by atoms with Crippen LogP contribution in [0.4, 0.5) is 0 Å². The number of aromatic hydroxyl groups is 3. The highest BCUT2D eigenvalue weighted by Crippen LogP contribution is 2.38. The van der Waals surface area contributed by atoms with Crippen LogP contribution in [0.15, 0.2) is 12.1 Å². The summed E-state index contributed by atoms with van der Waals surface area (Å²) >= 11 is 0. The SMILES string of the molecule is CCC(C)[C@@H](N)c1c(O)cc(O)cc1O. The van der Waals surface area contributed by atoms with Gasteiger partial charge in [-0.05, 0) is 5.92 Å². The van der Waals surface area contributed by atoms with Gasteiger partial charge in [0.1, 0.15) is 17.2 Å². The standard InChI is InChI=1S/C11H17NO3/c1-3-6(2)11(12)10-8(14)4-7(13)5-9(10)15/h4-6,11,13-15H,3,12H2,1-2H3/t6?,11-/m1/s1. The molecule has 0 bridgehead atoms. The van der Waals surface area contributed by atoms with Gasteiger partial charge in [-0.1, -0.05) is 20.3 Å². The lowest BCUT2D eigenvalue weighted by Gasteiger charge is -2.20. The Morgan fingerprint density at radius 1 is 1.20 bits per heavy atom. The van der Waals surface area contributed by atoms with Gasteiger partial charge < -0.3 is 21.1 Å².